The van der Waals surface area contributed by atoms with E-state index in [0.717, 1.165) is 75.3 Å². The largest absolute Gasteiger partial charge is 0.490 e. The molecule has 1 aromatic heterocycles. The maximum absolute atomic E-state index is 13.3. The van der Waals surface area contributed by atoms with Crippen LogP contribution in [0.15, 0.2) is 36.5 Å². The number of alkyl halides is 3. The fourth-order valence-corrected chi connectivity index (χ4v) is 5.06. The first-order valence-electron chi connectivity index (χ1n) is 14.9. The molecule has 1 heterocycles. The maximum Gasteiger partial charge on any atom is 0.417 e. The highest BCUT2D eigenvalue weighted by Gasteiger charge is 2.34. The van der Waals surface area contributed by atoms with Gasteiger partial charge in [-0.1, -0.05) is 13.3 Å². The molecule has 0 spiro atoms. The van der Waals surface area contributed by atoms with Gasteiger partial charge in [0.25, 0.3) is 0 Å². The van der Waals surface area contributed by atoms with Gasteiger partial charge in [0.05, 0.1) is 23.3 Å². The number of carbonyl (C=O) groups is 1. The molecule has 1 amide bonds. The lowest BCUT2D eigenvalue weighted by Gasteiger charge is -2.30. The van der Waals surface area contributed by atoms with Crippen LogP contribution in [-0.2, 0) is 17.3 Å². The molecule has 3 rings (SSSR count). The minimum Gasteiger partial charge on any atom is -0.490 e. The summed E-state index contributed by atoms with van der Waals surface area (Å²) in [6.07, 6.45) is 4.57. The summed E-state index contributed by atoms with van der Waals surface area (Å²) in [6, 6.07) is 9.24. The number of aryl methyl sites for hydroxylation is 1. The van der Waals surface area contributed by atoms with Crippen molar-refractivity contribution in [2.24, 2.45) is 0 Å². The summed E-state index contributed by atoms with van der Waals surface area (Å²) >= 11 is 0. The number of unbranched alkanes of at least 4 members (excludes halogenated alkanes) is 2. The van der Waals surface area contributed by atoms with Crippen molar-refractivity contribution in [2.75, 3.05) is 18.4 Å². The van der Waals surface area contributed by atoms with E-state index in [2.05, 4.69) is 10.3 Å². The number of anilines is 1. The van der Waals surface area contributed by atoms with Crippen molar-refractivity contribution >= 4 is 11.8 Å². The van der Waals surface area contributed by atoms with E-state index in [9.17, 15) is 18.0 Å². The molecule has 1 aliphatic rings. The van der Waals surface area contributed by atoms with Gasteiger partial charge in [-0.05, 0) is 96.4 Å². The highest BCUT2D eigenvalue weighted by atomic mass is 19.4. The standard InChI is InChI=1S/C32H43F3N4O3/c1-5-18-39(30(40)42-31(2,3)4)19-8-6-7-9-25-20-28(16-17-37-25)41-27-14-12-24(13-15-27)38-26-11-10-23(22-36)29(21-26)32(33,34)35/h10-11,16-17,20-21,24,27,38H,5-9,12-15,18-19H2,1-4H3. The summed E-state index contributed by atoms with van der Waals surface area (Å²) < 4.78 is 51.6. The molecule has 42 heavy (non-hydrogen) atoms. The summed E-state index contributed by atoms with van der Waals surface area (Å²) in [5, 5.41) is 12.2. The first-order chi connectivity index (χ1) is 19.9. The zero-order valence-corrected chi connectivity index (χ0v) is 25.1. The number of nitriles is 1. The van der Waals surface area contributed by atoms with Crippen LogP contribution in [0.5, 0.6) is 5.75 Å². The Labute approximate surface area is 247 Å². The first-order valence-corrected chi connectivity index (χ1v) is 14.9. The van der Waals surface area contributed by atoms with Crippen molar-refractivity contribution in [3.05, 3.63) is 53.3 Å². The Hall–Kier alpha value is -3.48. The lowest BCUT2D eigenvalue weighted by Crippen LogP contribution is -2.37. The molecule has 0 unspecified atom stereocenters. The number of pyridine rings is 1. The third kappa shape index (κ3) is 10.7. The van der Waals surface area contributed by atoms with Gasteiger partial charge in [0.2, 0.25) is 0 Å². The molecule has 1 fully saturated rings. The molecular weight excluding hydrogens is 545 g/mol. The van der Waals surface area contributed by atoms with Gasteiger partial charge < -0.3 is 19.7 Å². The Kier molecular flexibility index (Phi) is 11.9. The lowest BCUT2D eigenvalue weighted by molar-refractivity contribution is -0.137. The Morgan fingerprint density at radius 2 is 1.81 bits per heavy atom. The topological polar surface area (TPSA) is 87.5 Å². The van der Waals surface area contributed by atoms with Crippen molar-refractivity contribution in [1.82, 2.24) is 9.88 Å². The summed E-state index contributed by atoms with van der Waals surface area (Å²) in [5.74, 6) is 0.775. The van der Waals surface area contributed by atoms with Crippen molar-refractivity contribution < 1.29 is 27.4 Å². The smallest absolute Gasteiger partial charge is 0.417 e. The minimum absolute atomic E-state index is 0.0300. The van der Waals surface area contributed by atoms with Gasteiger partial charge in [-0.2, -0.15) is 18.4 Å². The Morgan fingerprint density at radius 3 is 2.45 bits per heavy atom. The van der Waals surface area contributed by atoms with Crippen LogP contribution < -0.4 is 10.1 Å². The fraction of sp³-hybridized carbons (Fsp3) is 0.594. The van der Waals surface area contributed by atoms with Gasteiger partial charge in [0.1, 0.15) is 11.4 Å². The molecule has 7 nitrogen and oxygen atoms in total. The molecule has 230 valence electrons. The van der Waals surface area contributed by atoms with E-state index in [1.165, 1.54) is 12.1 Å². The second-order valence-electron chi connectivity index (χ2n) is 11.9. The summed E-state index contributed by atoms with van der Waals surface area (Å²) in [6.45, 7) is 9.03. The van der Waals surface area contributed by atoms with Crippen molar-refractivity contribution in [3.8, 4) is 11.8 Å². The number of aromatic nitrogens is 1. The number of nitrogens with zero attached hydrogens (tertiary/aromatic N) is 3. The fourth-order valence-electron chi connectivity index (χ4n) is 5.06. The third-order valence-electron chi connectivity index (χ3n) is 7.09. The number of carbonyl (C=O) groups excluding carboxylic acids is 1. The van der Waals surface area contributed by atoms with Crippen LogP contribution in [0.1, 0.15) is 95.9 Å². The van der Waals surface area contributed by atoms with Crippen molar-refractivity contribution in [2.45, 2.75) is 109 Å². The number of amides is 1. The highest BCUT2D eigenvalue weighted by molar-refractivity contribution is 5.68. The van der Waals surface area contributed by atoms with Crippen LogP contribution >= 0.6 is 0 Å². The second-order valence-corrected chi connectivity index (χ2v) is 11.9. The molecule has 1 aromatic carbocycles. The number of benzene rings is 1. The van der Waals surface area contributed by atoms with E-state index in [1.54, 1.807) is 17.2 Å². The number of hydrogen-bond acceptors (Lipinski definition) is 6. The monoisotopic (exact) mass is 588 g/mol. The van der Waals surface area contributed by atoms with Gasteiger partial charge >= 0.3 is 12.3 Å². The average Bonchev–Trinajstić information content (AvgIpc) is 2.92. The quantitative estimate of drug-likeness (QED) is 0.252. The SMILES string of the molecule is CCCN(CCCCCc1cc(OC2CCC(Nc3ccc(C#N)c(C(F)(F)F)c3)CC2)ccn1)C(=O)OC(C)(C)C. The summed E-state index contributed by atoms with van der Waals surface area (Å²) in [7, 11) is 0. The lowest BCUT2D eigenvalue weighted by atomic mass is 9.92. The molecule has 0 saturated heterocycles. The molecule has 10 heteroatoms. The van der Waals surface area contributed by atoms with Crippen LogP contribution in [-0.4, -0.2) is 46.8 Å². The van der Waals surface area contributed by atoms with Gasteiger partial charge in [-0.15, -0.1) is 0 Å². The number of ether oxygens (including phenoxy) is 2. The van der Waals surface area contributed by atoms with Crippen LogP contribution in [0.2, 0.25) is 0 Å². The average molecular weight is 589 g/mol. The molecule has 2 aromatic rings. The predicted molar refractivity (Wildman–Crippen MR) is 156 cm³/mol. The maximum atomic E-state index is 13.3. The Balaban J connectivity index is 1.41. The number of rotatable bonds is 12. The second kappa shape index (κ2) is 15.1. The molecular formula is C32H43F3N4O3. The van der Waals surface area contributed by atoms with E-state index in [0.29, 0.717) is 18.8 Å². The Morgan fingerprint density at radius 1 is 1.07 bits per heavy atom. The number of hydrogen-bond donors (Lipinski definition) is 1. The minimum atomic E-state index is -4.57. The first kappa shape index (κ1) is 33.0. The van der Waals surface area contributed by atoms with E-state index >= 15 is 0 Å². The normalized spacial score (nSPS) is 17.3. The molecule has 1 saturated carbocycles. The van der Waals surface area contributed by atoms with Crippen molar-refractivity contribution in [3.63, 3.8) is 0 Å². The van der Waals surface area contributed by atoms with Gasteiger partial charge in [-0.3, -0.25) is 4.98 Å². The van der Waals surface area contributed by atoms with E-state index < -0.39 is 17.3 Å². The van der Waals surface area contributed by atoms with Gasteiger partial charge in [0, 0.05) is 42.8 Å². The van der Waals surface area contributed by atoms with Crippen molar-refractivity contribution in [1.29, 1.82) is 5.26 Å². The number of halogens is 3. The number of nitrogens with one attached hydrogen (secondary N) is 1. The molecule has 0 atom stereocenters. The van der Waals surface area contributed by atoms with Crippen LogP contribution in [0.3, 0.4) is 0 Å². The van der Waals surface area contributed by atoms with E-state index in [-0.39, 0.29) is 23.8 Å². The van der Waals surface area contributed by atoms with Crippen LogP contribution in [0.25, 0.3) is 0 Å². The van der Waals surface area contributed by atoms with E-state index in [1.807, 2.05) is 39.8 Å². The zero-order chi connectivity index (χ0) is 30.8. The molecule has 0 radical (unpaired) electrons. The molecule has 1 aliphatic carbocycles. The Bertz CT molecular complexity index is 1200. The predicted octanol–water partition coefficient (Wildman–Crippen LogP) is 8.13. The van der Waals surface area contributed by atoms with Gasteiger partial charge in [0.15, 0.2) is 0 Å². The van der Waals surface area contributed by atoms with E-state index in [4.69, 9.17) is 14.7 Å². The molecule has 1 N–H and O–H groups in total. The summed E-state index contributed by atoms with van der Waals surface area (Å²) in [5.41, 5.74) is -0.471. The molecule has 0 bridgehead atoms. The molecule has 0 aliphatic heterocycles. The van der Waals surface area contributed by atoms with Gasteiger partial charge in [-0.25, -0.2) is 4.79 Å². The van der Waals surface area contributed by atoms with Crippen LogP contribution in [0, 0.1) is 11.3 Å². The zero-order valence-electron chi connectivity index (χ0n) is 25.1. The summed E-state index contributed by atoms with van der Waals surface area (Å²) in [4.78, 5) is 18.7. The van der Waals surface area contributed by atoms with Crippen LogP contribution in [0.4, 0.5) is 23.7 Å². The highest BCUT2D eigenvalue weighted by Crippen LogP contribution is 2.34. The third-order valence-corrected chi connectivity index (χ3v) is 7.09.